The predicted octanol–water partition coefficient (Wildman–Crippen LogP) is 4.33. The summed E-state index contributed by atoms with van der Waals surface area (Å²) in [6, 6.07) is 11.4. The zero-order valence-electron chi connectivity index (χ0n) is 18.3. The second-order valence-electron chi connectivity index (χ2n) is 9.82. The molecule has 0 saturated heterocycles. The third kappa shape index (κ3) is 2.56. The number of aliphatic hydroxyl groups excluding tert-OH is 1. The standard InChI is InChI=1S/C24H25N3O3Si/c1-24(2,3)31(4,5)27-22(29)16-10-13(12-28)25-21-19(16)17(23(27)30)11-15-14-8-6-7-9-18(14)26-20(15)21/h6-11,25,28H,12H2,1-5H3. The molecule has 2 N–H and O–H groups in total. The molecule has 0 atom stereocenters. The number of hydrogen-bond donors (Lipinski definition) is 2. The summed E-state index contributed by atoms with van der Waals surface area (Å²) in [5, 5.41) is 13.1. The topological polar surface area (TPSA) is 88.0 Å². The molecule has 3 aromatic heterocycles. The Morgan fingerprint density at radius 3 is 2.29 bits per heavy atom. The predicted molar refractivity (Wildman–Crippen MR) is 129 cm³/mol. The molecule has 0 spiro atoms. The van der Waals surface area contributed by atoms with Crippen LogP contribution in [0, 0.1) is 0 Å². The minimum atomic E-state index is -2.50. The summed E-state index contributed by atoms with van der Waals surface area (Å²) in [6.07, 6.45) is 0. The van der Waals surface area contributed by atoms with Gasteiger partial charge in [-0.25, -0.2) is 4.98 Å². The lowest BCUT2D eigenvalue weighted by atomic mass is 10.0. The van der Waals surface area contributed by atoms with Gasteiger partial charge >= 0.3 is 0 Å². The van der Waals surface area contributed by atoms with Gasteiger partial charge in [0, 0.05) is 21.9 Å². The highest BCUT2D eigenvalue weighted by Crippen LogP contribution is 2.38. The van der Waals surface area contributed by atoms with Crippen molar-refractivity contribution in [3.8, 4) is 0 Å². The van der Waals surface area contributed by atoms with Crippen LogP contribution in [0.3, 0.4) is 0 Å². The van der Waals surface area contributed by atoms with E-state index < -0.39 is 8.24 Å². The quantitative estimate of drug-likeness (QED) is 0.407. The van der Waals surface area contributed by atoms with Crippen molar-refractivity contribution in [3.05, 3.63) is 62.8 Å². The second kappa shape index (κ2) is 6.24. The van der Waals surface area contributed by atoms with E-state index in [9.17, 15) is 14.7 Å². The molecular formula is C24H25N3O3Si. The number of nitrogens with zero attached hydrogens (tertiary/aromatic N) is 2. The smallest absolute Gasteiger partial charge is 0.253 e. The number of aromatic amines is 1. The Labute approximate surface area is 179 Å². The molecule has 0 saturated carbocycles. The van der Waals surface area contributed by atoms with Gasteiger partial charge in [-0.2, -0.15) is 0 Å². The Morgan fingerprint density at radius 2 is 1.65 bits per heavy atom. The number of fused-ring (bicyclic) bond motifs is 4. The lowest BCUT2D eigenvalue weighted by molar-refractivity contribution is 0.277. The van der Waals surface area contributed by atoms with Gasteiger partial charge in [0.25, 0.3) is 11.1 Å². The van der Waals surface area contributed by atoms with Crippen LogP contribution >= 0.6 is 0 Å². The van der Waals surface area contributed by atoms with E-state index in [1.54, 1.807) is 6.07 Å². The molecule has 0 aliphatic rings. The fourth-order valence-corrected chi connectivity index (χ4v) is 6.28. The Hall–Kier alpha value is -3.03. The van der Waals surface area contributed by atoms with E-state index in [2.05, 4.69) is 38.8 Å². The van der Waals surface area contributed by atoms with E-state index in [1.807, 2.05) is 30.3 Å². The van der Waals surface area contributed by atoms with Gasteiger partial charge in [-0.1, -0.05) is 52.1 Å². The molecule has 5 rings (SSSR count). The highest BCUT2D eigenvalue weighted by atomic mass is 28.3. The van der Waals surface area contributed by atoms with Crippen molar-refractivity contribution in [2.24, 2.45) is 0 Å². The Bertz CT molecular complexity index is 1620. The van der Waals surface area contributed by atoms with E-state index in [1.165, 1.54) is 4.23 Å². The molecule has 0 radical (unpaired) electrons. The van der Waals surface area contributed by atoms with Crippen LogP contribution in [0.1, 0.15) is 26.5 Å². The van der Waals surface area contributed by atoms with E-state index in [-0.39, 0.29) is 22.8 Å². The van der Waals surface area contributed by atoms with Gasteiger partial charge in [-0.15, -0.1) is 0 Å². The van der Waals surface area contributed by atoms with Crippen molar-refractivity contribution >= 4 is 51.7 Å². The number of pyridine rings is 2. The van der Waals surface area contributed by atoms with E-state index in [0.717, 1.165) is 16.3 Å². The number of hydrogen-bond acceptors (Lipinski definition) is 4. The molecule has 3 heterocycles. The first-order valence-electron chi connectivity index (χ1n) is 10.4. The van der Waals surface area contributed by atoms with Crippen molar-refractivity contribution in [1.29, 1.82) is 0 Å². The molecule has 0 amide bonds. The summed E-state index contributed by atoms with van der Waals surface area (Å²) in [5.74, 6) is 0. The maximum absolute atomic E-state index is 13.8. The van der Waals surface area contributed by atoms with Gasteiger partial charge in [0.2, 0.25) is 0 Å². The number of aliphatic hydroxyl groups is 1. The van der Waals surface area contributed by atoms with Gasteiger partial charge < -0.3 is 14.3 Å². The maximum Gasteiger partial charge on any atom is 0.253 e. The Balaban J connectivity index is 2.11. The molecule has 0 unspecified atom stereocenters. The molecule has 0 aliphatic heterocycles. The zero-order valence-corrected chi connectivity index (χ0v) is 19.3. The van der Waals surface area contributed by atoms with Crippen LogP contribution in [-0.2, 0) is 6.61 Å². The van der Waals surface area contributed by atoms with Gasteiger partial charge in [0.1, 0.15) is 0 Å². The number of para-hydroxylation sites is 1. The van der Waals surface area contributed by atoms with Crippen molar-refractivity contribution in [2.75, 3.05) is 0 Å². The fourth-order valence-electron chi connectivity index (χ4n) is 4.36. The third-order valence-corrected chi connectivity index (χ3v) is 12.2. The van der Waals surface area contributed by atoms with Crippen LogP contribution in [-0.4, -0.2) is 27.5 Å². The first-order chi connectivity index (χ1) is 14.6. The molecule has 7 heteroatoms. The normalized spacial score (nSPS) is 13.2. The summed E-state index contributed by atoms with van der Waals surface area (Å²) < 4.78 is 1.52. The molecule has 0 bridgehead atoms. The number of nitrogens with one attached hydrogen (secondary N) is 1. The molecule has 31 heavy (non-hydrogen) atoms. The number of rotatable bonds is 2. The molecule has 0 fully saturated rings. The summed E-state index contributed by atoms with van der Waals surface area (Å²) in [5.41, 5.74) is 2.16. The summed E-state index contributed by atoms with van der Waals surface area (Å²) in [7, 11) is -2.50. The zero-order chi connectivity index (χ0) is 22.3. The molecule has 5 aromatic rings. The van der Waals surface area contributed by atoms with Crippen LogP contribution in [0.4, 0.5) is 0 Å². The average Bonchev–Trinajstić information content (AvgIpc) is 3.09. The maximum atomic E-state index is 13.8. The second-order valence-corrected chi connectivity index (χ2v) is 14.9. The first kappa shape index (κ1) is 19.9. The summed E-state index contributed by atoms with van der Waals surface area (Å²) >= 11 is 0. The van der Waals surface area contributed by atoms with Crippen molar-refractivity contribution in [2.45, 2.75) is 45.5 Å². The van der Waals surface area contributed by atoms with Crippen LogP contribution in [0.15, 0.2) is 46.0 Å². The van der Waals surface area contributed by atoms with E-state index in [4.69, 9.17) is 4.98 Å². The van der Waals surface area contributed by atoms with Gasteiger partial charge in [0.15, 0.2) is 8.24 Å². The molecule has 6 nitrogen and oxygen atoms in total. The van der Waals surface area contributed by atoms with Crippen molar-refractivity contribution in [1.82, 2.24) is 14.2 Å². The Kier molecular flexibility index (Phi) is 4.01. The fraction of sp³-hybridized carbons (Fsp3) is 0.292. The van der Waals surface area contributed by atoms with Crippen LogP contribution < -0.4 is 11.1 Å². The lowest BCUT2D eigenvalue weighted by Crippen LogP contribution is -2.56. The number of aromatic nitrogens is 3. The third-order valence-electron chi connectivity index (χ3n) is 7.03. The lowest BCUT2D eigenvalue weighted by Gasteiger charge is -2.37. The summed E-state index contributed by atoms with van der Waals surface area (Å²) in [6.45, 7) is 10.1. The Morgan fingerprint density at radius 1 is 1.00 bits per heavy atom. The highest BCUT2D eigenvalue weighted by Gasteiger charge is 2.40. The molecule has 0 aliphatic carbocycles. The SMILES string of the molecule is CC(C)(C)[Si](C)(C)n1c(=O)c2cc(CO)[nH]c3c4nc5ccccc5c4cc(c1=O)c23. The van der Waals surface area contributed by atoms with Gasteiger partial charge in [-0.3, -0.25) is 9.59 Å². The monoisotopic (exact) mass is 431 g/mol. The van der Waals surface area contributed by atoms with Crippen LogP contribution in [0.2, 0.25) is 18.1 Å². The minimum absolute atomic E-state index is 0.200. The van der Waals surface area contributed by atoms with Gasteiger partial charge in [0.05, 0.1) is 33.9 Å². The van der Waals surface area contributed by atoms with E-state index in [0.29, 0.717) is 32.9 Å². The number of H-pyrrole nitrogens is 1. The number of benzene rings is 2. The van der Waals surface area contributed by atoms with Gasteiger partial charge in [-0.05, 0) is 23.2 Å². The van der Waals surface area contributed by atoms with E-state index >= 15 is 0 Å². The molecule has 158 valence electrons. The van der Waals surface area contributed by atoms with Crippen molar-refractivity contribution in [3.63, 3.8) is 0 Å². The minimum Gasteiger partial charge on any atom is -0.390 e. The summed E-state index contributed by atoms with van der Waals surface area (Å²) in [4.78, 5) is 35.5. The van der Waals surface area contributed by atoms with Crippen LogP contribution in [0.5, 0.6) is 0 Å². The highest BCUT2D eigenvalue weighted by molar-refractivity contribution is 6.78. The largest absolute Gasteiger partial charge is 0.390 e. The molecular weight excluding hydrogens is 406 g/mol. The first-order valence-corrected chi connectivity index (χ1v) is 13.4. The van der Waals surface area contributed by atoms with Crippen LogP contribution in [0.25, 0.3) is 43.5 Å². The average molecular weight is 432 g/mol. The van der Waals surface area contributed by atoms with Crippen molar-refractivity contribution < 1.29 is 5.11 Å². The molecule has 2 aromatic carbocycles.